The lowest BCUT2D eigenvalue weighted by molar-refractivity contribution is 0.122. The molecule has 0 unspecified atom stereocenters. The molecule has 1 aliphatic heterocycles. The Morgan fingerprint density at radius 2 is 1.57 bits per heavy atom. The van der Waals surface area contributed by atoms with Gasteiger partial charge in [0.15, 0.2) is 0 Å². The number of anilines is 1. The predicted octanol–water partition coefficient (Wildman–Crippen LogP) is 1.23. The van der Waals surface area contributed by atoms with Crippen molar-refractivity contribution in [2.24, 2.45) is 0 Å². The maximum Gasteiger partial charge on any atom is 0.230 e. The molecule has 1 aliphatic rings. The van der Waals surface area contributed by atoms with Gasteiger partial charge in [-0.2, -0.15) is 15.0 Å². The van der Waals surface area contributed by atoms with Crippen molar-refractivity contribution in [3.8, 4) is 0 Å². The third-order valence-corrected chi connectivity index (χ3v) is 2.57. The molecule has 1 fully saturated rings. The fourth-order valence-corrected chi connectivity index (χ4v) is 2.11. The molecule has 1 saturated heterocycles. The Morgan fingerprint density at radius 3 is 2.14 bits per heavy atom. The summed E-state index contributed by atoms with van der Waals surface area (Å²) in [5, 5.41) is 0. The van der Waals surface area contributed by atoms with Crippen LogP contribution >= 0.6 is 31.9 Å². The molecule has 76 valence electrons. The maximum atomic E-state index is 5.25. The van der Waals surface area contributed by atoms with Crippen LogP contribution in [0.2, 0.25) is 0 Å². The van der Waals surface area contributed by atoms with Crippen LogP contribution in [0.15, 0.2) is 9.47 Å². The van der Waals surface area contributed by atoms with Crippen molar-refractivity contribution in [2.75, 3.05) is 31.2 Å². The molecule has 0 aliphatic carbocycles. The van der Waals surface area contributed by atoms with Crippen LogP contribution < -0.4 is 4.90 Å². The Balaban J connectivity index is 2.21. The van der Waals surface area contributed by atoms with Gasteiger partial charge in [-0.25, -0.2) is 0 Å². The van der Waals surface area contributed by atoms with Crippen LogP contribution in [0.3, 0.4) is 0 Å². The molecule has 0 radical (unpaired) electrons. The van der Waals surface area contributed by atoms with Crippen molar-refractivity contribution >= 4 is 37.8 Å². The Bertz CT molecular complexity index is 309. The smallest absolute Gasteiger partial charge is 0.230 e. The van der Waals surface area contributed by atoms with Crippen LogP contribution in [0.25, 0.3) is 0 Å². The molecule has 0 amide bonds. The highest BCUT2D eigenvalue weighted by Crippen LogP contribution is 2.15. The molecule has 14 heavy (non-hydrogen) atoms. The molecule has 2 heterocycles. The van der Waals surface area contributed by atoms with Crippen molar-refractivity contribution in [2.45, 2.75) is 0 Å². The summed E-state index contributed by atoms with van der Waals surface area (Å²) in [5.41, 5.74) is 0. The monoisotopic (exact) mass is 322 g/mol. The van der Waals surface area contributed by atoms with Gasteiger partial charge in [0.05, 0.1) is 13.2 Å². The fourth-order valence-electron chi connectivity index (χ4n) is 1.22. The summed E-state index contributed by atoms with van der Waals surface area (Å²) in [6.45, 7) is 3.09. The maximum absolute atomic E-state index is 5.25. The molecule has 0 saturated carbocycles. The van der Waals surface area contributed by atoms with Crippen LogP contribution in [0.4, 0.5) is 5.95 Å². The first-order chi connectivity index (χ1) is 6.75. The molecule has 1 aromatic rings. The minimum Gasteiger partial charge on any atom is -0.378 e. The third-order valence-electron chi connectivity index (χ3n) is 1.86. The highest BCUT2D eigenvalue weighted by molar-refractivity contribution is 9.11. The largest absolute Gasteiger partial charge is 0.378 e. The molecule has 0 aromatic carbocycles. The van der Waals surface area contributed by atoms with E-state index in [1.807, 2.05) is 0 Å². The number of hydrogen-bond donors (Lipinski definition) is 0. The minimum absolute atomic E-state index is 0.542. The van der Waals surface area contributed by atoms with E-state index in [-0.39, 0.29) is 0 Å². The first-order valence-corrected chi connectivity index (χ1v) is 5.74. The van der Waals surface area contributed by atoms with E-state index >= 15 is 0 Å². The van der Waals surface area contributed by atoms with Gasteiger partial charge in [0, 0.05) is 13.1 Å². The number of hydrogen-bond acceptors (Lipinski definition) is 5. The van der Waals surface area contributed by atoms with Crippen LogP contribution in [-0.4, -0.2) is 41.3 Å². The van der Waals surface area contributed by atoms with Gasteiger partial charge in [0.25, 0.3) is 0 Å². The van der Waals surface area contributed by atoms with Gasteiger partial charge < -0.3 is 9.64 Å². The van der Waals surface area contributed by atoms with Gasteiger partial charge in [-0.3, -0.25) is 0 Å². The average Bonchev–Trinajstić information content (AvgIpc) is 2.18. The predicted molar refractivity (Wildman–Crippen MR) is 58.3 cm³/mol. The Morgan fingerprint density at radius 1 is 1.00 bits per heavy atom. The lowest BCUT2D eigenvalue weighted by atomic mass is 10.4. The molecule has 0 bridgehead atoms. The van der Waals surface area contributed by atoms with Gasteiger partial charge in [-0.15, -0.1) is 0 Å². The molecule has 0 atom stereocenters. The van der Waals surface area contributed by atoms with Gasteiger partial charge in [0.1, 0.15) is 0 Å². The van der Waals surface area contributed by atoms with Crippen molar-refractivity contribution in [1.82, 2.24) is 15.0 Å². The van der Waals surface area contributed by atoms with E-state index < -0.39 is 0 Å². The highest BCUT2D eigenvalue weighted by atomic mass is 79.9. The van der Waals surface area contributed by atoms with Crippen molar-refractivity contribution in [3.63, 3.8) is 0 Å². The van der Waals surface area contributed by atoms with Gasteiger partial charge >= 0.3 is 0 Å². The number of halogens is 2. The molecular weight excluding hydrogens is 316 g/mol. The average molecular weight is 324 g/mol. The first kappa shape index (κ1) is 10.3. The Kier molecular flexibility index (Phi) is 3.30. The first-order valence-electron chi connectivity index (χ1n) is 4.15. The normalized spacial score (nSPS) is 17.1. The Labute approximate surface area is 98.2 Å². The number of nitrogens with zero attached hydrogens (tertiary/aromatic N) is 4. The van der Waals surface area contributed by atoms with E-state index in [0.717, 1.165) is 26.3 Å². The van der Waals surface area contributed by atoms with E-state index in [0.29, 0.717) is 15.4 Å². The van der Waals surface area contributed by atoms with E-state index in [2.05, 4.69) is 51.7 Å². The van der Waals surface area contributed by atoms with E-state index in [1.165, 1.54) is 0 Å². The van der Waals surface area contributed by atoms with E-state index in [9.17, 15) is 0 Å². The van der Waals surface area contributed by atoms with E-state index in [1.54, 1.807) is 0 Å². The topological polar surface area (TPSA) is 51.1 Å². The summed E-state index contributed by atoms with van der Waals surface area (Å²) in [7, 11) is 0. The van der Waals surface area contributed by atoms with Gasteiger partial charge in [0.2, 0.25) is 15.4 Å². The van der Waals surface area contributed by atoms with Gasteiger partial charge in [-0.05, 0) is 31.9 Å². The fraction of sp³-hybridized carbons (Fsp3) is 0.571. The van der Waals surface area contributed by atoms with Crippen LogP contribution in [0, 0.1) is 0 Å². The molecule has 2 rings (SSSR count). The lowest BCUT2D eigenvalue weighted by Crippen LogP contribution is -2.37. The zero-order valence-corrected chi connectivity index (χ0v) is 10.5. The minimum atomic E-state index is 0.542. The third kappa shape index (κ3) is 2.40. The number of ether oxygens (including phenoxy) is 1. The van der Waals surface area contributed by atoms with Gasteiger partial charge in [-0.1, -0.05) is 0 Å². The number of rotatable bonds is 1. The number of aromatic nitrogens is 3. The summed E-state index contributed by atoms with van der Waals surface area (Å²) in [5.74, 6) is 0.682. The summed E-state index contributed by atoms with van der Waals surface area (Å²) < 4.78 is 6.33. The summed E-state index contributed by atoms with van der Waals surface area (Å²) in [4.78, 5) is 14.4. The van der Waals surface area contributed by atoms with Crippen LogP contribution in [0.1, 0.15) is 0 Å². The second kappa shape index (κ2) is 4.50. The summed E-state index contributed by atoms with van der Waals surface area (Å²) in [6.07, 6.45) is 0. The SMILES string of the molecule is Brc1nc(Br)nc(N2CCOCC2)n1. The Hall–Kier alpha value is -0.270. The molecule has 1 aromatic heterocycles. The van der Waals surface area contributed by atoms with Crippen molar-refractivity contribution < 1.29 is 4.74 Å². The van der Waals surface area contributed by atoms with E-state index in [4.69, 9.17) is 4.74 Å². The summed E-state index contributed by atoms with van der Waals surface area (Å²) in [6, 6.07) is 0. The second-order valence-corrected chi connectivity index (χ2v) is 4.19. The van der Waals surface area contributed by atoms with Crippen molar-refractivity contribution in [3.05, 3.63) is 9.47 Å². The quantitative estimate of drug-likeness (QED) is 0.778. The van der Waals surface area contributed by atoms with Crippen molar-refractivity contribution in [1.29, 1.82) is 0 Å². The highest BCUT2D eigenvalue weighted by Gasteiger charge is 2.14. The molecule has 7 heteroatoms. The number of morpholine rings is 1. The van der Waals surface area contributed by atoms with Crippen LogP contribution in [-0.2, 0) is 4.74 Å². The van der Waals surface area contributed by atoms with Crippen LogP contribution in [0.5, 0.6) is 0 Å². The molecule has 5 nitrogen and oxygen atoms in total. The molecule has 0 spiro atoms. The summed E-state index contributed by atoms with van der Waals surface area (Å²) >= 11 is 6.46. The molecular formula is C7H8Br2N4O. The zero-order valence-electron chi connectivity index (χ0n) is 7.28. The molecule has 0 N–H and O–H groups in total. The second-order valence-electron chi connectivity index (χ2n) is 2.77. The lowest BCUT2D eigenvalue weighted by Gasteiger charge is -2.26. The standard InChI is InChI=1S/C7H8Br2N4O/c8-5-10-6(9)12-7(11-5)13-1-3-14-4-2-13/h1-4H2. The zero-order chi connectivity index (χ0) is 9.97.